The largest absolute Gasteiger partial charge is 0.493 e. The molecule has 0 aliphatic heterocycles. The number of halogens is 1. The van der Waals surface area contributed by atoms with E-state index in [2.05, 4.69) is 15.5 Å². The maximum atomic E-state index is 12.5. The van der Waals surface area contributed by atoms with Gasteiger partial charge in [-0.15, -0.1) is 10.2 Å². The Balaban J connectivity index is 1.64. The number of carbonyl (C=O) groups is 1. The van der Waals surface area contributed by atoms with Crippen LogP contribution in [0.1, 0.15) is 11.1 Å². The third-order valence-corrected chi connectivity index (χ3v) is 7.48. The van der Waals surface area contributed by atoms with Crippen LogP contribution in [0.4, 0.5) is 5.13 Å². The number of nitriles is 1. The van der Waals surface area contributed by atoms with E-state index in [1.54, 1.807) is 30.3 Å². The number of nitrogens with zero attached hydrogens (tertiary/aromatic N) is 3. The summed E-state index contributed by atoms with van der Waals surface area (Å²) in [6.45, 7) is 2.42. The Labute approximate surface area is 217 Å². The summed E-state index contributed by atoms with van der Waals surface area (Å²) in [5, 5.41) is 19.6. The van der Waals surface area contributed by atoms with Gasteiger partial charge in [0.1, 0.15) is 30.6 Å². The van der Waals surface area contributed by atoms with E-state index in [0.717, 1.165) is 11.8 Å². The van der Waals surface area contributed by atoms with Gasteiger partial charge in [0, 0.05) is 11.3 Å². The van der Waals surface area contributed by atoms with E-state index in [0.29, 0.717) is 39.2 Å². The first-order chi connectivity index (χ1) is 17.1. The standard InChI is InChI=1S/C23H21ClN4O6S2/c1-14-10-17(5-6-18(14)24)33-8-9-34-19-7-4-15(12-20(19)32-2)11-16(13-25)21(29)26-22-27-28-23(35-22)36(3,30)31/h4-7,10-12H,8-9H2,1-3H3,(H,26,27,29). The third-order valence-electron chi connectivity index (χ3n) is 4.55. The zero-order valence-corrected chi connectivity index (χ0v) is 21.8. The number of aryl methyl sites for hydroxylation is 1. The minimum Gasteiger partial charge on any atom is -0.493 e. The molecule has 1 amide bonds. The molecule has 3 rings (SSSR count). The minimum atomic E-state index is -3.55. The van der Waals surface area contributed by atoms with Crippen LogP contribution in [0, 0.1) is 18.3 Å². The van der Waals surface area contributed by atoms with Crippen molar-refractivity contribution in [1.29, 1.82) is 5.26 Å². The van der Waals surface area contributed by atoms with Gasteiger partial charge in [-0.1, -0.05) is 29.0 Å². The topological polar surface area (TPSA) is 140 Å². The van der Waals surface area contributed by atoms with E-state index < -0.39 is 15.7 Å². The van der Waals surface area contributed by atoms with Crippen molar-refractivity contribution in [2.75, 3.05) is 31.9 Å². The molecule has 36 heavy (non-hydrogen) atoms. The quantitative estimate of drug-likeness (QED) is 0.173. The lowest BCUT2D eigenvalue weighted by atomic mass is 10.1. The molecule has 0 radical (unpaired) electrons. The lowest BCUT2D eigenvalue weighted by molar-refractivity contribution is -0.112. The summed E-state index contributed by atoms with van der Waals surface area (Å²) in [7, 11) is -2.09. The van der Waals surface area contributed by atoms with Crippen molar-refractivity contribution in [2.24, 2.45) is 0 Å². The molecular formula is C23H21ClN4O6S2. The van der Waals surface area contributed by atoms with E-state index in [4.69, 9.17) is 25.8 Å². The number of rotatable bonds is 10. The Hall–Kier alpha value is -3.66. The second-order valence-corrected chi connectivity index (χ2v) is 10.9. The Morgan fingerprint density at radius 2 is 1.92 bits per heavy atom. The van der Waals surface area contributed by atoms with Crippen molar-refractivity contribution in [3.05, 3.63) is 58.1 Å². The maximum absolute atomic E-state index is 12.5. The van der Waals surface area contributed by atoms with Gasteiger partial charge in [-0.05, 0) is 54.5 Å². The minimum absolute atomic E-state index is 0.0427. The predicted octanol–water partition coefficient (Wildman–Crippen LogP) is 3.92. The van der Waals surface area contributed by atoms with Crippen LogP contribution in [0.3, 0.4) is 0 Å². The fourth-order valence-electron chi connectivity index (χ4n) is 2.80. The zero-order valence-electron chi connectivity index (χ0n) is 19.4. The highest BCUT2D eigenvalue weighted by molar-refractivity contribution is 7.92. The average Bonchev–Trinajstić information content (AvgIpc) is 3.32. The van der Waals surface area contributed by atoms with E-state index in [-0.39, 0.29) is 28.3 Å². The van der Waals surface area contributed by atoms with Gasteiger partial charge in [0.2, 0.25) is 19.3 Å². The summed E-state index contributed by atoms with van der Waals surface area (Å²) < 4.78 is 39.6. The lowest BCUT2D eigenvalue weighted by Gasteiger charge is -2.12. The molecule has 0 saturated carbocycles. The molecule has 188 valence electrons. The summed E-state index contributed by atoms with van der Waals surface area (Å²) in [5.74, 6) is 0.764. The number of sulfone groups is 1. The predicted molar refractivity (Wildman–Crippen MR) is 135 cm³/mol. The monoisotopic (exact) mass is 548 g/mol. The molecule has 1 heterocycles. The summed E-state index contributed by atoms with van der Waals surface area (Å²) in [6.07, 6.45) is 2.33. The van der Waals surface area contributed by atoms with E-state index >= 15 is 0 Å². The van der Waals surface area contributed by atoms with Gasteiger partial charge in [0.25, 0.3) is 5.91 Å². The molecular weight excluding hydrogens is 528 g/mol. The van der Waals surface area contributed by atoms with Crippen LogP contribution in [-0.4, -0.2) is 51.1 Å². The molecule has 1 N–H and O–H groups in total. The summed E-state index contributed by atoms with van der Waals surface area (Å²) >= 11 is 6.70. The van der Waals surface area contributed by atoms with Gasteiger partial charge >= 0.3 is 0 Å². The number of hydrogen-bond acceptors (Lipinski definition) is 10. The average molecular weight is 549 g/mol. The molecule has 1 aromatic heterocycles. The number of ether oxygens (including phenoxy) is 3. The fourth-order valence-corrected chi connectivity index (χ4v) is 4.42. The molecule has 0 saturated heterocycles. The van der Waals surface area contributed by atoms with Gasteiger partial charge in [0.15, 0.2) is 11.5 Å². The second-order valence-electron chi connectivity index (χ2n) is 7.29. The van der Waals surface area contributed by atoms with Crippen molar-refractivity contribution in [2.45, 2.75) is 11.3 Å². The number of benzene rings is 2. The number of anilines is 1. The van der Waals surface area contributed by atoms with Gasteiger partial charge in [-0.25, -0.2) is 8.42 Å². The molecule has 2 aromatic carbocycles. The highest BCUT2D eigenvalue weighted by Gasteiger charge is 2.17. The third kappa shape index (κ3) is 7.17. The van der Waals surface area contributed by atoms with Crippen molar-refractivity contribution < 1.29 is 27.4 Å². The van der Waals surface area contributed by atoms with Crippen LogP contribution < -0.4 is 19.5 Å². The van der Waals surface area contributed by atoms with Crippen LogP contribution in [0.15, 0.2) is 46.3 Å². The van der Waals surface area contributed by atoms with Crippen molar-refractivity contribution in [1.82, 2.24) is 10.2 Å². The van der Waals surface area contributed by atoms with Crippen LogP contribution in [0.5, 0.6) is 17.2 Å². The molecule has 0 unspecified atom stereocenters. The molecule has 0 bridgehead atoms. The first kappa shape index (κ1) is 26.9. The Morgan fingerprint density at radius 1 is 1.17 bits per heavy atom. The molecule has 13 heteroatoms. The summed E-state index contributed by atoms with van der Waals surface area (Å²) in [4.78, 5) is 12.5. The van der Waals surface area contributed by atoms with E-state index in [9.17, 15) is 18.5 Å². The van der Waals surface area contributed by atoms with Crippen molar-refractivity contribution >= 4 is 49.9 Å². The van der Waals surface area contributed by atoms with E-state index in [1.807, 2.05) is 19.1 Å². The first-order valence-corrected chi connectivity index (χ1v) is 13.4. The SMILES string of the molecule is COc1cc(C=C(C#N)C(=O)Nc2nnc(S(C)(=O)=O)s2)ccc1OCCOc1ccc(Cl)c(C)c1. The number of aromatic nitrogens is 2. The van der Waals surface area contributed by atoms with Crippen LogP contribution in [0.25, 0.3) is 6.08 Å². The summed E-state index contributed by atoms with van der Waals surface area (Å²) in [5.41, 5.74) is 1.19. The first-order valence-electron chi connectivity index (χ1n) is 10.3. The fraction of sp³-hybridized carbons (Fsp3) is 0.217. The lowest BCUT2D eigenvalue weighted by Crippen LogP contribution is -2.13. The van der Waals surface area contributed by atoms with Crippen LogP contribution in [-0.2, 0) is 14.6 Å². The van der Waals surface area contributed by atoms with Gasteiger partial charge in [0.05, 0.1) is 7.11 Å². The molecule has 10 nitrogen and oxygen atoms in total. The normalized spacial score (nSPS) is 11.5. The number of carbonyl (C=O) groups excluding carboxylic acids is 1. The molecule has 0 fully saturated rings. The Morgan fingerprint density at radius 3 is 2.56 bits per heavy atom. The molecule has 0 spiro atoms. The highest BCUT2D eigenvalue weighted by atomic mass is 35.5. The van der Waals surface area contributed by atoms with Crippen molar-refractivity contribution in [3.8, 4) is 23.3 Å². The van der Waals surface area contributed by atoms with E-state index in [1.165, 1.54) is 13.2 Å². The molecule has 3 aromatic rings. The van der Waals surface area contributed by atoms with Gasteiger partial charge < -0.3 is 14.2 Å². The maximum Gasteiger partial charge on any atom is 0.268 e. The Bertz CT molecular complexity index is 1450. The molecule has 0 aliphatic rings. The highest BCUT2D eigenvalue weighted by Crippen LogP contribution is 2.29. The molecule has 0 atom stereocenters. The van der Waals surface area contributed by atoms with Crippen LogP contribution >= 0.6 is 22.9 Å². The van der Waals surface area contributed by atoms with Gasteiger partial charge in [-0.3, -0.25) is 10.1 Å². The zero-order chi connectivity index (χ0) is 26.3. The summed E-state index contributed by atoms with van der Waals surface area (Å²) in [6, 6.07) is 12.1. The van der Waals surface area contributed by atoms with Crippen molar-refractivity contribution in [3.63, 3.8) is 0 Å². The Kier molecular flexibility index (Phi) is 8.87. The number of methoxy groups -OCH3 is 1. The number of hydrogen-bond donors (Lipinski definition) is 1. The van der Waals surface area contributed by atoms with Crippen LogP contribution in [0.2, 0.25) is 5.02 Å². The molecule has 0 aliphatic carbocycles. The smallest absolute Gasteiger partial charge is 0.268 e. The second kappa shape index (κ2) is 11.9. The van der Waals surface area contributed by atoms with Gasteiger partial charge in [-0.2, -0.15) is 5.26 Å². The number of amides is 1. The number of nitrogens with one attached hydrogen (secondary N) is 1.